The Bertz CT molecular complexity index is 131. The predicted molar refractivity (Wildman–Crippen MR) is 42.6 cm³/mol. The first-order chi connectivity index (χ1) is 5.66. The normalized spacial score (nSPS) is 24.2. The van der Waals surface area contributed by atoms with Crippen molar-refractivity contribution in [2.75, 3.05) is 19.8 Å². The van der Waals surface area contributed by atoms with E-state index in [0.29, 0.717) is 26.1 Å². The highest BCUT2D eigenvalue weighted by Gasteiger charge is 2.30. The summed E-state index contributed by atoms with van der Waals surface area (Å²) in [6.45, 7) is 2.89. The van der Waals surface area contributed by atoms with Gasteiger partial charge in [-0.05, 0) is 13.3 Å². The summed E-state index contributed by atoms with van der Waals surface area (Å²) in [5.41, 5.74) is 0. The minimum absolute atomic E-state index is 0.198. The van der Waals surface area contributed by atoms with Gasteiger partial charge in [-0.25, -0.2) is 0 Å². The maximum Gasteiger partial charge on any atom is 0.165 e. The maximum absolute atomic E-state index is 9.07. The number of aliphatic hydroxyl groups is 2. The lowest BCUT2D eigenvalue weighted by Crippen LogP contribution is -2.28. The Hall–Kier alpha value is -0.160. The van der Waals surface area contributed by atoms with Gasteiger partial charge in [-0.3, -0.25) is 0 Å². The van der Waals surface area contributed by atoms with Crippen LogP contribution in [0.2, 0.25) is 0 Å². The molecule has 2 N–H and O–H groups in total. The SMILES string of the molecule is CC1(CC[C@H](O)CO)OCCO1. The Kier molecular flexibility index (Phi) is 3.46. The molecule has 1 fully saturated rings. The standard InChI is InChI=1S/C8H16O4/c1-8(11-4-5-12-8)3-2-7(10)6-9/h7,9-10H,2-6H2,1H3/t7-/m0/s1. The fourth-order valence-electron chi connectivity index (χ4n) is 1.22. The average Bonchev–Trinajstić information content (AvgIpc) is 2.49. The molecular weight excluding hydrogens is 160 g/mol. The van der Waals surface area contributed by atoms with Crippen LogP contribution < -0.4 is 0 Å². The molecule has 0 unspecified atom stereocenters. The summed E-state index contributed by atoms with van der Waals surface area (Å²) in [5, 5.41) is 17.6. The number of hydrogen-bond acceptors (Lipinski definition) is 4. The van der Waals surface area contributed by atoms with Crippen LogP contribution in [0.4, 0.5) is 0 Å². The zero-order valence-corrected chi connectivity index (χ0v) is 7.32. The molecule has 0 aromatic carbocycles. The Labute approximate surface area is 72.1 Å². The summed E-state index contributed by atoms with van der Waals surface area (Å²) in [4.78, 5) is 0. The maximum atomic E-state index is 9.07. The lowest BCUT2D eigenvalue weighted by Gasteiger charge is -2.22. The van der Waals surface area contributed by atoms with Gasteiger partial charge in [-0.2, -0.15) is 0 Å². The summed E-state index contributed by atoms with van der Waals surface area (Å²) < 4.78 is 10.6. The fraction of sp³-hybridized carbons (Fsp3) is 1.00. The van der Waals surface area contributed by atoms with Crippen molar-refractivity contribution in [2.45, 2.75) is 31.7 Å². The quantitative estimate of drug-likeness (QED) is 0.627. The summed E-state index contributed by atoms with van der Waals surface area (Å²) in [5.74, 6) is -0.545. The van der Waals surface area contributed by atoms with Gasteiger partial charge < -0.3 is 19.7 Å². The van der Waals surface area contributed by atoms with Gasteiger partial charge in [0.2, 0.25) is 0 Å². The molecule has 0 saturated carbocycles. The highest BCUT2D eigenvalue weighted by molar-refractivity contribution is 4.70. The predicted octanol–water partition coefficient (Wildman–Crippen LogP) is -0.117. The van der Waals surface area contributed by atoms with Crippen molar-refractivity contribution >= 4 is 0 Å². The molecule has 0 bridgehead atoms. The van der Waals surface area contributed by atoms with Gasteiger partial charge in [-0.15, -0.1) is 0 Å². The Morgan fingerprint density at radius 3 is 2.50 bits per heavy atom. The largest absolute Gasteiger partial charge is 0.394 e. The topological polar surface area (TPSA) is 58.9 Å². The van der Waals surface area contributed by atoms with Crippen molar-refractivity contribution in [3.63, 3.8) is 0 Å². The molecule has 1 atom stereocenters. The summed E-state index contributed by atoms with van der Waals surface area (Å²) in [7, 11) is 0. The van der Waals surface area contributed by atoms with Crippen molar-refractivity contribution in [3.8, 4) is 0 Å². The molecule has 4 heteroatoms. The van der Waals surface area contributed by atoms with E-state index < -0.39 is 11.9 Å². The summed E-state index contributed by atoms with van der Waals surface area (Å²) >= 11 is 0. The lowest BCUT2D eigenvalue weighted by atomic mass is 10.1. The molecule has 72 valence electrons. The molecule has 4 nitrogen and oxygen atoms in total. The van der Waals surface area contributed by atoms with Gasteiger partial charge in [0, 0.05) is 6.42 Å². The number of aliphatic hydroxyl groups excluding tert-OH is 2. The van der Waals surface area contributed by atoms with Crippen LogP contribution in [-0.4, -0.2) is 41.9 Å². The van der Waals surface area contributed by atoms with Crippen LogP contribution in [0.1, 0.15) is 19.8 Å². The summed E-state index contributed by atoms with van der Waals surface area (Å²) in [6.07, 6.45) is 0.469. The number of hydrogen-bond donors (Lipinski definition) is 2. The second-order valence-corrected chi connectivity index (χ2v) is 3.21. The Balaban J connectivity index is 2.21. The van der Waals surface area contributed by atoms with Crippen LogP contribution in [0.25, 0.3) is 0 Å². The molecule has 0 radical (unpaired) electrons. The van der Waals surface area contributed by atoms with Gasteiger partial charge in [-0.1, -0.05) is 0 Å². The molecule has 0 amide bonds. The number of rotatable bonds is 4. The van der Waals surface area contributed by atoms with E-state index in [1.165, 1.54) is 0 Å². The second kappa shape index (κ2) is 4.18. The van der Waals surface area contributed by atoms with Crippen molar-refractivity contribution in [2.24, 2.45) is 0 Å². The van der Waals surface area contributed by atoms with Crippen molar-refractivity contribution in [3.05, 3.63) is 0 Å². The van der Waals surface area contributed by atoms with Gasteiger partial charge >= 0.3 is 0 Å². The Morgan fingerprint density at radius 1 is 1.42 bits per heavy atom. The van der Waals surface area contributed by atoms with Gasteiger partial charge in [0.1, 0.15) is 0 Å². The first kappa shape index (κ1) is 9.92. The van der Waals surface area contributed by atoms with E-state index in [9.17, 15) is 0 Å². The molecule has 1 saturated heterocycles. The van der Waals surface area contributed by atoms with Crippen LogP contribution in [0.15, 0.2) is 0 Å². The Morgan fingerprint density at radius 2 is 2.00 bits per heavy atom. The highest BCUT2D eigenvalue weighted by Crippen LogP contribution is 2.24. The minimum atomic E-state index is -0.658. The molecule has 1 heterocycles. The smallest absolute Gasteiger partial charge is 0.165 e. The zero-order chi connectivity index (χ0) is 9.03. The third-order valence-electron chi connectivity index (χ3n) is 2.04. The molecule has 0 aromatic heterocycles. The van der Waals surface area contributed by atoms with Crippen molar-refractivity contribution in [1.29, 1.82) is 0 Å². The van der Waals surface area contributed by atoms with Gasteiger partial charge in [0.15, 0.2) is 5.79 Å². The third-order valence-corrected chi connectivity index (χ3v) is 2.04. The van der Waals surface area contributed by atoms with Crippen LogP contribution in [0, 0.1) is 0 Å². The monoisotopic (exact) mass is 176 g/mol. The van der Waals surface area contributed by atoms with Crippen molar-refractivity contribution < 1.29 is 19.7 Å². The lowest BCUT2D eigenvalue weighted by molar-refractivity contribution is -0.151. The molecule has 12 heavy (non-hydrogen) atoms. The van der Waals surface area contributed by atoms with Crippen LogP contribution >= 0.6 is 0 Å². The second-order valence-electron chi connectivity index (χ2n) is 3.21. The van der Waals surface area contributed by atoms with E-state index in [-0.39, 0.29) is 6.61 Å². The zero-order valence-electron chi connectivity index (χ0n) is 7.32. The number of ether oxygens (including phenoxy) is 2. The van der Waals surface area contributed by atoms with E-state index in [1.807, 2.05) is 6.92 Å². The van der Waals surface area contributed by atoms with E-state index in [0.717, 1.165) is 0 Å². The minimum Gasteiger partial charge on any atom is -0.394 e. The van der Waals surface area contributed by atoms with E-state index >= 15 is 0 Å². The van der Waals surface area contributed by atoms with Gasteiger partial charge in [0.05, 0.1) is 25.9 Å². The third kappa shape index (κ3) is 2.71. The van der Waals surface area contributed by atoms with Crippen LogP contribution in [-0.2, 0) is 9.47 Å². The molecule has 1 aliphatic rings. The highest BCUT2D eigenvalue weighted by atomic mass is 16.7. The average molecular weight is 176 g/mol. The molecular formula is C8H16O4. The molecule has 1 rings (SSSR count). The first-order valence-corrected chi connectivity index (χ1v) is 4.23. The fourth-order valence-corrected chi connectivity index (χ4v) is 1.22. The van der Waals surface area contributed by atoms with Crippen molar-refractivity contribution in [1.82, 2.24) is 0 Å². The molecule has 0 aromatic rings. The van der Waals surface area contributed by atoms with E-state index in [1.54, 1.807) is 0 Å². The van der Waals surface area contributed by atoms with E-state index in [2.05, 4.69) is 0 Å². The van der Waals surface area contributed by atoms with Gasteiger partial charge in [0.25, 0.3) is 0 Å². The van der Waals surface area contributed by atoms with E-state index in [4.69, 9.17) is 19.7 Å². The van der Waals surface area contributed by atoms with Crippen LogP contribution in [0.3, 0.4) is 0 Å². The molecule has 0 spiro atoms. The summed E-state index contributed by atoms with van der Waals surface area (Å²) in [6, 6.07) is 0. The molecule has 0 aliphatic carbocycles. The van der Waals surface area contributed by atoms with Crippen LogP contribution in [0.5, 0.6) is 0 Å². The molecule has 1 aliphatic heterocycles. The first-order valence-electron chi connectivity index (χ1n) is 4.23.